The number of hydrogen-bond donors (Lipinski definition) is 2. The second-order valence-electron chi connectivity index (χ2n) is 8.60. The highest BCUT2D eigenvalue weighted by Crippen LogP contribution is 2.29. The minimum Gasteiger partial charge on any atom is -0.493 e. The fourth-order valence-corrected chi connectivity index (χ4v) is 3.43. The van der Waals surface area contributed by atoms with E-state index in [2.05, 4.69) is 46.8 Å². The number of methoxy groups -OCH3 is 1. The average Bonchev–Trinajstić information content (AvgIpc) is 3.32. The number of rotatable bonds is 14. The lowest BCUT2D eigenvalue weighted by atomic mass is 10.1. The van der Waals surface area contributed by atoms with Gasteiger partial charge in [-0.2, -0.15) is 0 Å². The van der Waals surface area contributed by atoms with Crippen LogP contribution in [0.4, 0.5) is 11.7 Å². The van der Waals surface area contributed by atoms with Crippen LogP contribution in [-0.2, 0) is 17.9 Å². The van der Waals surface area contributed by atoms with Gasteiger partial charge in [0.1, 0.15) is 0 Å². The third kappa shape index (κ3) is 9.26. The van der Waals surface area contributed by atoms with E-state index in [0.717, 1.165) is 30.5 Å². The van der Waals surface area contributed by atoms with Gasteiger partial charge in [-0.05, 0) is 67.1 Å². The molecule has 0 saturated heterocycles. The van der Waals surface area contributed by atoms with E-state index in [9.17, 15) is 4.79 Å². The zero-order chi connectivity index (χ0) is 25.8. The Bertz CT molecular complexity index is 1130. The summed E-state index contributed by atoms with van der Waals surface area (Å²) in [5.41, 5.74) is 1.69. The number of anilines is 2. The van der Waals surface area contributed by atoms with Crippen molar-refractivity contribution in [3.8, 4) is 11.5 Å². The summed E-state index contributed by atoms with van der Waals surface area (Å²) in [6.45, 7) is 4.81. The minimum atomic E-state index is 0.0431. The molecule has 3 rings (SSSR count). The van der Waals surface area contributed by atoms with Gasteiger partial charge in [0.2, 0.25) is 5.91 Å². The number of aromatic nitrogens is 2. The molecule has 0 bridgehead atoms. The lowest BCUT2D eigenvalue weighted by Gasteiger charge is -2.12. The van der Waals surface area contributed by atoms with Crippen LogP contribution in [-0.4, -0.2) is 23.2 Å². The second kappa shape index (κ2) is 14.1. The first-order chi connectivity index (χ1) is 17.4. The highest BCUT2D eigenvalue weighted by atomic mass is 35.5. The van der Waals surface area contributed by atoms with E-state index < -0.39 is 0 Å². The summed E-state index contributed by atoms with van der Waals surface area (Å²) in [4.78, 5) is 12.2. The van der Waals surface area contributed by atoms with Gasteiger partial charge < -0.3 is 24.5 Å². The van der Waals surface area contributed by atoms with Crippen LogP contribution in [0.5, 0.6) is 11.5 Å². The van der Waals surface area contributed by atoms with Crippen LogP contribution in [0.2, 0.25) is 5.02 Å². The molecule has 0 aliphatic carbocycles. The second-order valence-corrected chi connectivity index (χ2v) is 9.04. The van der Waals surface area contributed by atoms with E-state index in [1.54, 1.807) is 25.3 Å². The van der Waals surface area contributed by atoms with Gasteiger partial charge in [-0.1, -0.05) is 48.8 Å². The Labute approximate surface area is 217 Å². The molecule has 0 atom stereocenters. The van der Waals surface area contributed by atoms with Gasteiger partial charge in [0, 0.05) is 23.7 Å². The quantitative estimate of drug-likeness (QED) is 0.189. The summed E-state index contributed by atoms with van der Waals surface area (Å²) >= 11 is 5.90. The molecule has 2 aromatic carbocycles. The number of halogens is 1. The minimum absolute atomic E-state index is 0.0431. The van der Waals surface area contributed by atoms with Gasteiger partial charge in [-0.15, -0.1) is 5.10 Å². The first-order valence-corrected chi connectivity index (χ1v) is 12.4. The molecule has 2 N–H and O–H groups in total. The SMILES string of the molecule is COc1cc(CNC(=O)CCCC/C=C/C(C)C)ccc1OCc1nnc(Nc2ccc(Cl)cc2)o1. The summed E-state index contributed by atoms with van der Waals surface area (Å²) in [6.07, 6.45) is 7.79. The molecule has 0 spiro atoms. The van der Waals surface area contributed by atoms with E-state index >= 15 is 0 Å². The van der Waals surface area contributed by atoms with Crippen LogP contribution in [0.1, 0.15) is 51.0 Å². The number of amides is 1. The Hall–Kier alpha value is -3.52. The summed E-state index contributed by atoms with van der Waals surface area (Å²) in [5.74, 6) is 2.01. The standard InChI is InChI=1S/C27H33ClN4O4/c1-19(2)8-6-4-5-7-9-25(33)29-17-20-10-15-23(24(16-20)34-3)35-18-26-31-32-27(36-26)30-22-13-11-21(28)12-14-22/h6,8,10-16,19H,4-5,7,9,17-18H2,1-3H3,(H,29,33)(H,30,32)/b8-6+. The molecular formula is C27H33ClN4O4. The zero-order valence-electron chi connectivity index (χ0n) is 20.9. The number of hydrogen-bond acceptors (Lipinski definition) is 7. The number of nitrogens with one attached hydrogen (secondary N) is 2. The van der Waals surface area contributed by atoms with Crippen LogP contribution in [0, 0.1) is 5.92 Å². The van der Waals surface area contributed by atoms with Gasteiger partial charge in [-0.25, -0.2) is 0 Å². The van der Waals surface area contributed by atoms with Crippen LogP contribution >= 0.6 is 11.6 Å². The van der Waals surface area contributed by atoms with E-state index in [0.29, 0.717) is 41.3 Å². The molecule has 3 aromatic rings. The molecule has 0 saturated carbocycles. The number of carbonyl (C=O) groups excluding carboxylic acids is 1. The highest BCUT2D eigenvalue weighted by molar-refractivity contribution is 6.30. The van der Waals surface area contributed by atoms with Crippen molar-refractivity contribution in [2.45, 2.75) is 52.7 Å². The monoisotopic (exact) mass is 512 g/mol. The molecule has 0 fully saturated rings. The summed E-state index contributed by atoms with van der Waals surface area (Å²) in [6, 6.07) is 12.9. The van der Waals surface area contributed by atoms with Gasteiger partial charge >= 0.3 is 6.01 Å². The van der Waals surface area contributed by atoms with E-state index in [4.69, 9.17) is 25.5 Å². The maximum Gasteiger partial charge on any atom is 0.320 e. The van der Waals surface area contributed by atoms with Crippen LogP contribution < -0.4 is 20.1 Å². The predicted molar refractivity (Wildman–Crippen MR) is 141 cm³/mol. The van der Waals surface area contributed by atoms with Crippen molar-refractivity contribution in [2.75, 3.05) is 12.4 Å². The third-order valence-corrected chi connectivity index (χ3v) is 5.43. The van der Waals surface area contributed by atoms with Crippen LogP contribution in [0.15, 0.2) is 59.0 Å². The summed E-state index contributed by atoms with van der Waals surface area (Å²) in [5, 5.41) is 14.6. The fraction of sp³-hybridized carbons (Fsp3) is 0.370. The fourth-order valence-electron chi connectivity index (χ4n) is 3.31. The Kier molecular flexibility index (Phi) is 10.6. The summed E-state index contributed by atoms with van der Waals surface area (Å²) < 4.78 is 16.9. The Morgan fingerprint density at radius 1 is 1.11 bits per heavy atom. The van der Waals surface area contributed by atoms with Crippen LogP contribution in [0.25, 0.3) is 0 Å². The zero-order valence-corrected chi connectivity index (χ0v) is 21.7. The van der Waals surface area contributed by atoms with E-state index in [1.165, 1.54) is 0 Å². The topological polar surface area (TPSA) is 98.5 Å². The van der Waals surface area contributed by atoms with Crippen molar-refractivity contribution < 1.29 is 18.7 Å². The smallest absolute Gasteiger partial charge is 0.320 e. The number of ether oxygens (including phenoxy) is 2. The lowest BCUT2D eigenvalue weighted by molar-refractivity contribution is -0.121. The largest absolute Gasteiger partial charge is 0.493 e. The maximum absolute atomic E-state index is 12.2. The molecule has 0 radical (unpaired) electrons. The third-order valence-electron chi connectivity index (χ3n) is 5.18. The predicted octanol–water partition coefficient (Wildman–Crippen LogP) is 6.44. The number of benzene rings is 2. The molecule has 1 aromatic heterocycles. The van der Waals surface area contributed by atoms with Gasteiger partial charge in [0.15, 0.2) is 18.1 Å². The maximum atomic E-state index is 12.2. The molecule has 0 unspecified atom stereocenters. The molecule has 0 aliphatic rings. The number of nitrogens with zero attached hydrogens (tertiary/aromatic N) is 2. The van der Waals surface area contributed by atoms with Crippen molar-refractivity contribution in [1.29, 1.82) is 0 Å². The van der Waals surface area contributed by atoms with Crippen molar-refractivity contribution in [2.24, 2.45) is 5.92 Å². The van der Waals surface area contributed by atoms with Gasteiger partial charge in [0.05, 0.1) is 7.11 Å². The number of carbonyl (C=O) groups is 1. The van der Waals surface area contributed by atoms with Crippen molar-refractivity contribution >= 4 is 29.2 Å². The lowest BCUT2D eigenvalue weighted by Crippen LogP contribution is -2.22. The first kappa shape index (κ1) is 27.1. The van der Waals surface area contributed by atoms with E-state index in [1.807, 2.05) is 24.3 Å². The normalized spacial score (nSPS) is 11.1. The molecule has 1 amide bonds. The molecule has 8 nitrogen and oxygen atoms in total. The molecule has 192 valence electrons. The molecule has 9 heteroatoms. The summed E-state index contributed by atoms with van der Waals surface area (Å²) in [7, 11) is 1.57. The molecule has 1 heterocycles. The number of allylic oxidation sites excluding steroid dienone is 2. The van der Waals surface area contributed by atoms with E-state index in [-0.39, 0.29) is 18.5 Å². The van der Waals surface area contributed by atoms with Crippen molar-refractivity contribution in [3.63, 3.8) is 0 Å². The first-order valence-electron chi connectivity index (χ1n) is 12.0. The van der Waals surface area contributed by atoms with Gasteiger partial charge in [0.25, 0.3) is 5.89 Å². The number of unbranched alkanes of at least 4 members (excludes halogenated alkanes) is 2. The van der Waals surface area contributed by atoms with Crippen molar-refractivity contribution in [3.05, 3.63) is 71.1 Å². The van der Waals surface area contributed by atoms with Crippen molar-refractivity contribution in [1.82, 2.24) is 15.5 Å². The Morgan fingerprint density at radius 2 is 1.92 bits per heavy atom. The molecule has 0 aliphatic heterocycles. The average molecular weight is 513 g/mol. The Morgan fingerprint density at radius 3 is 2.67 bits per heavy atom. The van der Waals surface area contributed by atoms with Crippen LogP contribution in [0.3, 0.4) is 0 Å². The molecular weight excluding hydrogens is 480 g/mol. The Balaban J connectivity index is 1.43. The van der Waals surface area contributed by atoms with Gasteiger partial charge in [-0.3, -0.25) is 4.79 Å². The highest BCUT2D eigenvalue weighted by Gasteiger charge is 2.11. The molecule has 36 heavy (non-hydrogen) atoms.